The Labute approximate surface area is 148 Å². The van der Waals surface area contributed by atoms with Crippen molar-refractivity contribution in [3.05, 3.63) is 11.1 Å². The summed E-state index contributed by atoms with van der Waals surface area (Å²) in [4.78, 5) is 22.3. The highest BCUT2D eigenvalue weighted by Crippen LogP contribution is 2.31. The highest BCUT2D eigenvalue weighted by Gasteiger charge is 2.36. The van der Waals surface area contributed by atoms with Gasteiger partial charge in [-0.1, -0.05) is 6.42 Å². The third-order valence-corrected chi connectivity index (χ3v) is 6.74. The van der Waals surface area contributed by atoms with Gasteiger partial charge in [0.05, 0.1) is 18.2 Å². The molecular formula is C18H28N4OS. The number of aromatic nitrogens is 1. The summed E-state index contributed by atoms with van der Waals surface area (Å²) in [6.07, 6.45) is 8.50. The minimum absolute atomic E-state index is 0.177. The predicted molar refractivity (Wildman–Crippen MR) is 97.3 cm³/mol. The molecule has 1 N–H and O–H groups in total. The first kappa shape index (κ1) is 16.3. The highest BCUT2D eigenvalue weighted by molar-refractivity contribution is 7.13. The zero-order valence-corrected chi connectivity index (χ0v) is 15.2. The number of hydrogen-bond donors (Lipinski definition) is 1. The van der Waals surface area contributed by atoms with Gasteiger partial charge in [-0.05, 0) is 51.6 Å². The van der Waals surface area contributed by atoms with E-state index >= 15 is 0 Å². The number of amides is 1. The van der Waals surface area contributed by atoms with Crippen LogP contribution in [0.25, 0.3) is 0 Å². The van der Waals surface area contributed by atoms with E-state index in [0.29, 0.717) is 12.6 Å². The molecule has 0 bridgehead atoms. The van der Waals surface area contributed by atoms with Gasteiger partial charge in [-0.3, -0.25) is 9.69 Å². The van der Waals surface area contributed by atoms with Gasteiger partial charge in [-0.25, -0.2) is 4.98 Å². The number of anilines is 1. The van der Waals surface area contributed by atoms with E-state index in [1.54, 1.807) is 11.3 Å². The molecule has 0 aliphatic carbocycles. The maximum atomic E-state index is 12.7. The molecule has 0 saturated carbocycles. The molecule has 6 heteroatoms. The molecule has 4 heterocycles. The molecule has 1 amide bonds. The molecule has 0 unspecified atom stereocenters. The third kappa shape index (κ3) is 3.45. The van der Waals surface area contributed by atoms with Crippen molar-refractivity contribution in [1.29, 1.82) is 0 Å². The molecule has 5 nitrogen and oxygen atoms in total. The van der Waals surface area contributed by atoms with Crippen molar-refractivity contribution >= 4 is 22.4 Å². The summed E-state index contributed by atoms with van der Waals surface area (Å²) in [6, 6.07) is 0.475. The fraction of sp³-hybridized carbons (Fsp3) is 0.778. The molecule has 3 fully saturated rings. The van der Waals surface area contributed by atoms with Gasteiger partial charge < -0.3 is 10.2 Å². The van der Waals surface area contributed by atoms with Gasteiger partial charge in [0.2, 0.25) is 5.91 Å². The second-order valence-corrected chi connectivity index (χ2v) is 8.22. The van der Waals surface area contributed by atoms with E-state index in [1.165, 1.54) is 45.2 Å². The number of carbonyl (C=O) groups excluding carboxylic acids is 1. The lowest BCUT2D eigenvalue weighted by Crippen LogP contribution is -2.52. The van der Waals surface area contributed by atoms with E-state index in [9.17, 15) is 4.79 Å². The lowest BCUT2D eigenvalue weighted by Gasteiger charge is -2.43. The normalized spacial score (nSPS) is 27.9. The Morgan fingerprint density at radius 2 is 1.92 bits per heavy atom. The van der Waals surface area contributed by atoms with E-state index in [-0.39, 0.29) is 11.8 Å². The summed E-state index contributed by atoms with van der Waals surface area (Å²) >= 11 is 1.71. The van der Waals surface area contributed by atoms with Crippen molar-refractivity contribution in [2.24, 2.45) is 5.92 Å². The molecule has 0 spiro atoms. The zero-order valence-electron chi connectivity index (χ0n) is 14.4. The fourth-order valence-corrected chi connectivity index (χ4v) is 5.38. The van der Waals surface area contributed by atoms with Crippen LogP contribution in [0, 0.1) is 5.92 Å². The number of piperidine rings is 2. The number of fused-ring (bicyclic) bond motifs is 1. The van der Waals surface area contributed by atoms with Crippen LogP contribution in [0.15, 0.2) is 5.38 Å². The Balaban J connectivity index is 1.32. The maximum Gasteiger partial charge on any atom is 0.225 e. The first-order chi connectivity index (χ1) is 11.8. The van der Waals surface area contributed by atoms with E-state index < -0.39 is 0 Å². The fourth-order valence-electron chi connectivity index (χ4n) is 4.50. The summed E-state index contributed by atoms with van der Waals surface area (Å²) in [6.45, 7) is 5.18. The molecule has 3 saturated heterocycles. The van der Waals surface area contributed by atoms with E-state index in [4.69, 9.17) is 4.98 Å². The topological polar surface area (TPSA) is 48.5 Å². The van der Waals surface area contributed by atoms with E-state index in [1.807, 2.05) is 0 Å². The summed E-state index contributed by atoms with van der Waals surface area (Å²) in [5.41, 5.74) is 1.01. The molecule has 0 aromatic carbocycles. The third-order valence-electron chi connectivity index (χ3n) is 5.79. The molecule has 0 radical (unpaired) electrons. The van der Waals surface area contributed by atoms with Crippen molar-refractivity contribution < 1.29 is 4.79 Å². The lowest BCUT2D eigenvalue weighted by molar-refractivity contribution is -0.129. The van der Waals surface area contributed by atoms with Gasteiger partial charge in [0.15, 0.2) is 5.13 Å². The van der Waals surface area contributed by atoms with Crippen LogP contribution in [0.3, 0.4) is 0 Å². The summed E-state index contributed by atoms with van der Waals surface area (Å²) in [7, 11) is 0. The maximum absolute atomic E-state index is 12.7. The number of nitrogens with zero attached hydrogens (tertiary/aromatic N) is 3. The molecule has 2 atom stereocenters. The first-order valence-electron chi connectivity index (χ1n) is 9.52. The van der Waals surface area contributed by atoms with Crippen LogP contribution in [0.4, 0.5) is 5.13 Å². The Hall–Kier alpha value is -1.14. The molecular weight excluding hydrogens is 320 g/mol. The van der Waals surface area contributed by atoms with Crippen molar-refractivity contribution in [3.8, 4) is 0 Å². The lowest BCUT2D eigenvalue weighted by atomic mass is 9.83. The quantitative estimate of drug-likeness (QED) is 0.909. The van der Waals surface area contributed by atoms with Crippen molar-refractivity contribution in [2.45, 2.75) is 57.5 Å². The predicted octanol–water partition coefficient (Wildman–Crippen LogP) is 2.62. The zero-order chi connectivity index (χ0) is 16.4. The van der Waals surface area contributed by atoms with Crippen LogP contribution in [0.5, 0.6) is 0 Å². The average molecular weight is 349 g/mol. The molecule has 3 aliphatic rings. The summed E-state index contributed by atoms with van der Waals surface area (Å²) in [5, 5.41) is 6.38. The van der Waals surface area contributed by atoms with Crippen molar-refractivity contribution in [2.75, 3.05) is 31.1 Å². The smallest absolute Gasteiger partial charge is 0.225 e. The summed E-state index contributed by atoms with van der Waals surface area (Å²) < 4.78 is 0. The van der Waals surface area contributed by atoms with Crippen molar-refractivity contribution in [3.63, 3.8) is 0 Å². The van der Waals surface area contributed by atoms with Crippen LogP contribution >= 0.6 is 11.3 Å². The van der Waals surface area contributed by atoms with E-state index in [2.05, 4.69) is 20.5 Å². The number of thiazole rings is 1. The highest BCUT2D eigenvalue weighted by atomic mass is 32.1. The molecule has 4 rings (SSSR count). The number of nitrogens with one attached hydrogen (secondary N) is 1. The van der Waals surface area contributed by atoms with Gasteiger partial charge in [-0.2, -0.15) is 0 Å². The summed E-state index contributed by atoms with van der Waals surface area (Å²) in [5.74, 6) is 0.415. The SMILES string of the molecule is O=C(NCc1csc(N2CCCC2)n1)[C@@H]1CCCN2CCCC[C@H]12. The second-order valence-electron chi connectivity index (χ2n) is 7.38. The Bertz CT molecular complexity index is 567. The number of rotatable bonds is 4. The number of carbonyl (C=O) groups is 1. The minimum Gasteiger partial charge on any atom is -0.350 e. The Morgan fingerprint density at radius 3 is 2.79 bits per heavy atom. The molecule has 132 valence electrons. The van der Waals surface area contributed by atoms with Gasteiger partial charge in [0.1, 0.15) is 0 Å². The average Bonchev–Trinajstić information content (AvgIpc) is 3.30. The first-order valence-corrected chi connectivity index (χ1v) is 10.4. The molecule has 24 heavy (non-hydrogen) atoms. The molecule has 1 aromatic heterocycles. The van der Waals surface area contributed by atoms with Crippen LogP contribution in [0.2, 0.25) is 0 Å². The largest absolute Gasteiger partial charge is 0.350 e. The minimum atomic E-state index is 0.177. The van der Waals surface area contributed by atoms with E-state index in [0.717, 1.165) is 36.8 Å². The van der Waals surface area contributed by atoms with Gasteiger partial charge in [-0.15, -0.1) is 11.3 Å². The van der Waals surface area contributed by atoms with Crippen LogP contribution in [-0.4, -0.2) is 48.0 Å². The monoisotopic (exact) mass is 348 g/mol. The van der Waals surface area contributed by atoms with Gasteiger partial charge >= 0.3 is 0 Å². The van der Waals surface area contributed by atoms with Crippen LogP contribution in [-0.2, 0) is 11.3 Å². The van der Waals surface area contributed by atoms with Gasteiger partial charge in [0.25, 0.3) is 0 Å². The Kier molecular flexibility index (Phi) is 5.03. The molecule has 3 aliphatic heterocycles. The van der Waals surface area contributed by atoms with Crippen molar-refractivity contribution in [1.82, 2.24) is 15.2 Å². The van der Waals surface area contributed by atoms with Gasteiger partial charge in [0, 0.05) is 24.5 Å². The van der Waals surface area contributed by atoms with Crippen LogP contribution < -0.4 is 10.2 Å². The second kappa shape index (κ2) is 7.40. The standard InChI is InChI=1S/C18H28N4OS/c23-17(15-6-5-11-21-8-2-1-7-16(15)21)19-12-14-13-24-18(20-14)22-9-3-4-10-22/h13,15-16H,1-12H2,(H,19,23)/t15-,16-/m1/s1. The molecule has 1 aromatic rings. The van der Waals surface area contributed by atoms with Crippen LogP contribution in [0.1, 0.15) is 50.6 Å². The number of hydrogen-bond acceptors (Lipinski definition) is 5. The Morgan fingerprint density at radius 1 is 1.12 bits per heavy atom.